The summed E-state index contributed by atoms with van der Waals surface area (Å²) in [4.78, 5) is 18.6. The average Bonchev–Trinajstić information content (AvgIpc) is 3.01. The fourth-order valence-electron chi connectivity index (χ4n) is 1.53. The van der Waals surface area contributed by atoms with Gasteiger partial charge >= 0.3 is 5.97 Å². The largest absolute Gasteiger partial charge is 0.476 e. The monoisotopic (exact) mass is 207 g/mol. The number of hydrogen-bond donors (Lipinski definition) is 2. The van der Waals surface area contributed by atoms with E-state index in [4.69, 9.17) is 5.11 Å². The highest BCUT2D eigenvalue weighted by Crippen LogP contribution is 2.33. The molecule has 1 atom stereocenters. The van der Waals surface area contributed by atoms with E-state index in [9.17, 15) is 4.79 Å². The maximum absolute atomic E-state index is 10.8. The summed E-state index contributed by atoms with van der Waals surface area (Å²) in [7, 11) is 0. The zero-order valence-corrected chi connectivity index (χ0v) is 8.47. The molecule has 15 heavy (non-hydrogen) atoms. The van der Waals surface area contributed by atoms with Crippen molar-refractivity contribution in [1.82, 2.24) is 9.97 Å². The Morgan fingerprint density at radius 1 is 1.53 bits per heavy atom. The second-order valence-corrected chi connectivity index (χ2v) is 3.83. The van der Waals surface area contributed by atoms with Gasteiger partial charge < -0.3 is 10.4 Å². The SMILES string of the molecule is CC(Nc1nccnc1C(=O)O)C1CC1. The molecule has 0 aromatic carbocycles. The van der Waals surface area contributed by atoms with Gasteiger partial charge in [-0.05, 0) is 25.7 Å². The van der Waals surface area contributed by atoms with Gasteiger partial charge in [0.15, 0.2) is 11.5 Å². The van der Waals surface area contributed by atoms with Gasteiger partial charge in [-0.2, -0.15) is 0 Å². The van der Waals surface area contributed by atoms with E-state index in [0.29, 0.717) is 11.7 Å². The van der Waals surface area contributed by atoms with E-state index in [-0.39, 0.29) is 11.7 Å². The normalized spacial score (nSPS) is 17.1. The van der Waals surface area contributed by atoms with E-state index >= 15 is 0 Å². The molecule has 0 saturated heterocycles. The van der Waals surface area contributed by atoms with E-state index < -0.39 is 5.97 Å². The predicted octanol–water partition coefficient (Wildman–Crippen LogP) is 1.39. The van der Waals surface area contributed by atoms with Crippen LogP contribution in [0.3, 0.4) is 0 Å². The minimum atomic E-state index is -1.05. The van der Waals surface area contributed by atoms with Crippen molar-refractivity contribution in [2.24, 2.45) is 5.92 Å². The predicted molar refractivity (Wildman–Crippen MR) is 54.8 cm³/mol. The number of carboxylic acids is 1. The van der Waals surface area contributed by atoms with Crippen LogP contribution in [0.4, 0.5) is 5.82 Å². The van der Waals surface area contributed by atoms with E-state index in [0.717, 1.165) is 0 Å². The van der Waals surface area contributed by atoms with Crippen LogP contribution < -0.4 is 5.32 Å². The van der Waals surface area contributed by atoms with Crippen molar-refractivity contribution in [3.05, 3.63) is 18.1 Å². The number of anilines is 1. The molecular formula is C10H13N3O2. The maximum atomic E-state index is 10.8. The highest BCUT2D eigenvalue weighted by Gasteiger charge is 2.29. The molecule has 5 heteroatoms. The summed E-state index contributed by atoms with van der Waals surface area (Å²) in [6.07, 6.45) is 5.29. The summed E-state index contributed by atoms with van der Waals surface area (Å²) in [6.45, 7) is 2.04. The van der Waals surface area contributed by atoms with Gasteiger partial charge in [-0.3, -0.25) is 0 Å². The van der Waals surface area contributed by atoms with Crippen LogP contribution in [-0.4, -0.2) is 27.1 Å². The van der Waals surface area contributed by atoms with E-state index in [1.54, 1.807) is 0 Å². The number of carbonyl (C=O) groups is 1. The molecule has 1 aliphatic carbocycles. The Morgan fingerprint density at radius 3 is 2.80 bits per heavy atom. The Bertz CT molecular complexity index is 377. The lowest BCUT2D eigenvalue weighted by Crippen LogP contribution is -2.20. The van der Waals surface area contributed by atoms with Gasteiger partial charge in [0.2, 0.25) is 0 Å². The first kappa shape index (κ1) is 9.89. The molecule has 0 radical (unpaired) electrons. The van der Waals surface area contributed by atoms with Crippen molar-refractivity contribution < 1.29 is 9.90 Å². The van der Waals surface area contributed by atoms with Crippen LogP contribution in [0.1, 0.15) is 30.3 Å². The molecule has 1 aromatic heterocycles. The molecule has 5 nitrogen and oxygen atoms in total. The Kier molecular flexibility index (Phi) is 2.53. The lowest BCUT2D eigenvalue weighted by molar-refractivity contribution is 0.0691. The highest BCUT2D eigenvalue weighted by molar-refractivity contribution is 5.90. The van der Waals surface area contributed by atoms with Crippen LogP contribution in [0.2, 0.25) is 0 Å². The Hall–Kier alpha value is -1.65. The first-order valence-corrected chi connectivity index (χ1v) is 4.99. The summed E-state index contributed by atoms with van der Waals surface area (Å²) in [5.41, 5.74) is -0.00926. The van der Waals surface area contributed by atoms with Crippen molar-refractivity contribution in [1.29, 1.82) is 0 Å². The molecule has 0 aliphatic heterocycles. The fourth-order valence-corrected chi connectivity index (χ4v) is 1.53. The van der Waals surface area contributed by atoms with Gasteiger partial charge in [0.1, 0.15) is 0 Å². The van der Waals surface area contributed by atoms with Crippen molar-refractivity contribution in [3.8, 4) is 0 Å². The third-order valence-corrected chi connectivity index (χ3v) is 2.59. The Labute approximate surface area is 87.6 Å². The van der Waals surface area contributed by atoms with Gasteiger partial charge in [0, 0.05) is 18.4 Å². The van der Waals surface area contributed by atoms with Crippen LogP contribution in [-0.2, 0) is 0 Å². The summed E-state index contributed by atoms with van der Waals surface area (Å²) in [6, 6.07) is 0.264. The van der Waals surface area contributed by atoms with E-state index in [1.165, 1.54) is 25.2 Å². The number of aromatic carboxylic acids is 1. The van der Waals surface area contributed by atoms with Crippen LogP contribution in [0.25, 0.3) is 0 Å². The molecule has 1 aromatic rings. The van der Waals surface area contributed by atoms with Gasteiger partial charge in [-0.15, -0.1) is 0 Å². The standard InChI is InChI=1S/C10H13N3O2/c1-6(7-2-3-7)13-9-8(10(14)15)11-4-5-12-9/h4-7H,2-3H2,1H3,(H,12,13)(H,14,15). The molecule has 0 bridgehead atoms. The number of nitrogens with zero attached hydrogens (tertiary/aromatic N) is 2. The minimum Gasteiger partial charge on any atom is -0.476 e. The number of carboxylic acid groups (broad SMARTS) is 1. The van der Waals surface area contributed by atoms with E-state index in [2.05, 4.69) is 15.3 Å². The topological polar surface area (TPSA) is 75.1 Å². The Morgan fingerprint density at radius 2 is 2.20 bits per heavy atom. The molecule has 0 amide bonds. The summed E-state index contributed by atoms with van der Waals surface area (Å²) < 4.78 is 0. The quantitative estimate of drug-likeness (QED) is 0.780. The number of nitrogens with one attached hydrogen (secondary N) is 1. The third kappa shape index (κ3) is 2.23. The zero-order chi connectivity index (χ0) is 10.8. The second kappa shape index (κ2) is 3.84. The van der Waals surface area contributed by atoms with Crippen LogP contribution >= 0.6 is 0 Å². The fraction of sp³-hybridized carbons (Fsp3) is 0.500. The van der Waals surface area contributed by atoms with Crippen molar-refractivity contribution in [2.45, 2.75) is 25.8 Å². The molecular weight excluding hydrogens is 194 g/mol. The molecule has 2 N–H and O–H groups in total. The summed E-state index contributed by atoms with van der Waals surface area (Å²) in [5.74, 6) is -0.0355. The van der Waals surface area contributed by atoms with Crippen molar-refractivity contribution in [3.63, 3.8) is 0 Å². The van der Waals surface area contributed by atoms with Gasteiger partial charge in [-0.25, -0.2) is 14.8 Å². The molecule has 0 spiro atoms. The van der Waals surface area contributed by atoms with E-state index in [1.807, 2.05) is 6.92 Å². The smallest absolute Gasteiger partial charge is 0.358 e. The highest BCUT2D eigenvalue weighted by atomic mass is 16.4. The number of rotatable bonds is 4. The minimum absolute atomic E-state index is 0.00926. The van der Waals surface area contributed by atoms with Gasteiger partial charge in [0.25, 0.3) is 0 Å². The molecule has 1 saturated carbocycles. The number of hydrogen-bond acceptors (Lipinski definition) is 4. The Balaban J connectivity index is 2.15. The lowest BCUT2D eigenvalue weighted by Gasteiger charge is -2.14. The number of aromatic nitrogens is 2. The molecule has 1 heterocycles. The molecule has 2 rings (SSSR count). The van der Waals surface area contributed by atoms with Crippen LogP contribution in [0.5, 0.6) is 0 Å². The third-order valence-electron chi connectivity index (χ3n) is 2.59. The second-order valence-electron chi connectivity index (χ2n) is 3.83. The van der Waals surface area contributed by atoms with Crippen LogP contribution in [0.15, 0.2) is 12.4 Å². The maximum Gasteiger partial charge on any atom is 0.358 e. The average molecular weight is 207 g/mol. The first-order valence-electron chi connectivity index (χ1n) is 4.99. The molecule has 1 fully saturated rings. The molecule has 1 unspecified atom stereocenters. The summed E-state index contributed by atoms with van der Waals surface area (Å²) >= 11 is 0. The summed E-state index contributed by atoms with van der Waals surface area (Å²) in [5, 5.41) is 12.0. The van der Waals surface area contributed by atoms with Crippen molar-refractivity contribution >= 4 is 11.8 Å². The van der Waals surface area contributed by atoms with Gasteiger partial charge in [-0.1, -0.05) is 0 Å². The van der Waals surface area contributed by atoms with Crippen LogP contribution in [0, 0.1) is 5.92 Å². The lowest BCUT2D eigenvalue weighted by atomic mass is 10.2. The molecule has 80 valence electrons. The van der Waals surface area contributed by atoms with Crippen molar-refractivity contribution in [2.75, 3.05) is 5.32 Å². The molecule has 1 aliphatic rings. The van der Waals surface area contributed by atoms with Gasteiger partial charge in [0.05, 0.1) is 0 Å². The first-order chi connectivity index (χ1) is 7.18. The zero-order valence-electron chi connectivity index (χ0n) is 8.47.